The Labute approximate surface area is 107 Å². The first-order chi connectivity index (χ1) is 8.49. The third-order valence-corrected chi connectivity index (χ3v) is 3.67. The Kier molecular flexibility index (Phi) is 3.33. The van der Waals surface area contributed by atoms with E-state index in [2.05, 4.69) is 5.32 Å². The minimum Gasteiger partial charge on any atom is -0.478 e. The van der Waals surface area contributed by atoms with Crippen molar-refractivity contribution in [2.24, 2.45) is 5.92 Å². The summed E-state index contributed by atoms with van der Waals surface area (Å²) in [7, 11) is 1.64. The van der Waals surface area contributed by atoms with E-state index in [1.807, 2.05) is 0 Å². The highest BCUT2D eigenvalue weighted by Crippen LogP contribution is 2.25. The maximum atomic E-state index is 11.9. The number of carbonyl (C=O) groups is 3. The maximum absolute atomic E-state index is 11.9. The molecule has 1 aromatic heterocycles. The zero-order valence-electron chi connectivity index (χ0n) is 9.67. The van der Waals surface area contributed by atoms with Crippen LogP contribution in [0, 0.1) is 5.92 Å². The molecular weight excluding hydrogens is 256 g/mol. The molecule has 1 atom stereocenters. The van der Waals surface area contributed by atoms with Crippen molar-refractivity contribution in [1.29, 1.82) is 0 Å². The number of hydrogen-bond acceptors (Lipinski definition) is 4. The van der Waals surface area contributed by atoms with Gasteiger partial charge in [-0.25, -0.2) is 4.79 Å². The van der Waals surface area contributed by atoms with Crippen molar-refractivity contribution in [2.75, 3.05) is 18.9 Å². The molecule has 2 rings (SSSR count). The van der Waals surface area contributed by atoms with Gasteiger partial charge in [-0.1, -0.05) is 0 Å². The molecule has 0 saturated carbocycles. The predicted octanol–water partition coefficient (Wildman–Crippen LogP) is 0.863. The largest absolute Gasteiger partial charge is 0.478 e. The summed E-state index contributed by atoms with van der Waals surface area (Å²) in [4.78, 5) is 35.6. The van der Waals surface area contributed by atoms with Crippen LogP contribution in [-0.2, 0) is 9.59 Å². The number of nitrogens with zero attached hydrogens (tertiary/aromatic N) is 1. The van der Waals surface area contributed by atoms with Gasteiger partial charge in [0, 0.05) is 20.0 Å². The molecular formula is C11H12N2O4S. The van der Waals surface area contributed by atoms with E-state index >= 15 is 0 Å². The fourth-order valence-electron chi connectivity index (χ4n) is 1.83. The van der Waals surface area contributed by atoms with Gasteiger partial charge in [0.15, 0.2) is 0 Å². The fraction of sp³-hybridized carbons (Fsp3) is 0.364. The van der Waals surface area contributed by atoms with Gasteiger partial charge < -0.3 is 15.3 Å². The number of aromatic carboxylic acids is 1. The van der Waals surface area contributed by atoms with E-state index in [1.54, 1.807) is 12.4 Å². The molecule has 0 radical (unpaired) electrons. The van der Waals surface area contributed by atoms with Crippen LogP contribution in [0.25, 0.3) is 0 Å². The lowest BCUT2D eigenvalue weighted by molar-refractivity contribution is -0.127. The molecule has 6 nitrogen and oxygen atoms in total. The smallest absolute Gasteiger partial charge is 0.338 e. The number of amides is 2. The maximum Gasteiger partial charge on any atom is 0.338 e. The number of thiophene rings is 1. The molecule has 1 unspecified atom stereocenters. The van der Waals surface area contributed by atoms with Crippen LogP contribution >= 0.6 is 11.3 Å². The van der Waals surface area contributed by atoms with E-state index in [0.717, 1.165) is 11.3 Å². The van der Waals surface area contributed by atoms with Gasteiger partial charge in [0.25, 0.3) is 0 Å². The van der Waals surface area contributed by atoms with Crippen molar-refractivity contribution < 1.29 is 19.5 Å². The van der Waals surface area contributed by atoms with Gasteiger partial charge in [-0.05, 0) is 11.4 Å². The molecule has 0 bridgehead atoms. The fourth-order valence-corrected chi connectivity index (χ4v) is 2.61. The van der Waals surface area contributed by atoms with Crippen molar-refractivity contribution in [3.63, 3.8) is 0 Å². The number of likely N-dealkylation sites (tertiary alicyclic amines) is 1. The van der Waals surface area contributed by atoms with Crippen molar-refractivity contribution in [3.8, 4) is 0 Å². The lowest BCUT2D eigenvalue weighted by Gasteiger charge is -2.10. The summed E-state index contributed by atoms with van der Waals surface area (Å²) < 4.78 is 0. The molecule has 7 heteroatoms. The Bertz CT molecular complexity index is 511. The number of rotatable bonds is 3. The highest BCUT2D eigenvalue weighted by Gasteiger charge is 2.32. The van der Waals surface area contributed by atoms with Crippen molar-refractivity contribution in [2.45, 2.75) is 6.42 Å². The molecule has 1 saturated heterocycles. The average molecular weight is 268 g/mol. The number of nitrogens with one attached hydrogen (secondary N) is 1. The quantitative estimate of drug-likeness (QED) is 0.851. The highest BCUT2D eigenvalue weighted by molar-refractivity contribution is 7.14. The van der Waals surface area contributed by atoms with E-state index in [9.17, 15) is 14.4 Å². The van der Waals surface area contributed by atoms with Gasteiger partial charge >= 0.3 is 5.97 Å². The van der Waals surface area contributed by atoms with Crippen molar-refractivity contribution in [1.82, 2.24) is 4.90 Å². The lowest BCUT2D eigenvalue weighted by atomic mass is 10.1. The van der Waals surface area contributed by atoms with Gasteiger partial charge in [0.05, 0.1) is 11.5 Å². The van der Waals surface area contributed by atoms with Crippen molar-refractivity contribution >= 4 is 34.1 Å². The predicted molar refractivity (Wildman–Crippen MR) is 65.7 cm³/mol. The van der Waals surface area contributed by atoms with Gasteiger partial charge in [0.2, 0.25) is 11.8 Å². The van der Waals surface area contributed by atoms with Gasteiger partial charge in [-0.2, -0.15) is 0 Å². The summed E-state index contributed by atoms with van der Waals surface area (Å²) >= 11 is 1.16. The van der Waals surface area contributed by atoms with E-state index in [1.165, 1.54) is 11.0 Å². The molecule has 0 aliphatic carbocycles. The summed E-state index contributed by atoms with van der Waals surface area (Å²) in [5, 5.41) is 13.4. The Balaban J connectivity index is 2.06. The molecule has 1 aliphatic rings. The first-order valence-corrected chi connectivity index (χ1v) is 6.22. The van der Waals surface area contributed by atoms with Crippen LogP contribution in [0.2, 0.25) is 0 Å². The van der Waals surface area contributed by atoms with Crippen LogP contribution in [0.5, 0.6) is 0 Å². The van der Waals surface area contributed by atoms with E-state index < -0.39 is 11.9 Å². The Morgan fingerprint density at radius 1 is 1.56 bits per heavy atom. The third kappa shape index (κ3) is 2.35. The zero-order chi connectivity index (χ0) is 13.3. The first-order valence-electron chi connectivity index (χ1n) is 5.34. The summed E-state index contributed by atoms with van der Waals surface area (Å²) in [6.45, 7) is 0.373. The molecule has 0 spiro atoms. The van der Waals surface area contributed by atoms with Gasteiger partial charge in [0.1, 0.15) is 5.00 Å². The SMILES string of the molecule is CN1CC(C(=O)Nc2sccc2C(=O)O)CC1=O. The van der Waals surface area contributed by atoms with Gasteiger partial charge in [-0.15, -0.1) is 11.3 Å². The van der Waals surface area contributed by atoms with Crippen molar-refractivity contribution in [3.05, 3.63) is 17.0 Å². The molecule has 1 aromatic rings. The summed E-state index contributed by atoms with van der Waals surface area (Å²) in [6.07, 6.45) is 0.177. The third-order valence-electron chi connectivity index (χ3n) is 2.84. The van der Waals surface area contributed by atoms with Crippen LogP contribution in [0.3, 0.4) is 0 Å². The summed E-state index contributed by atoms with van der Waals surface area (Å²) in [5.74, 6) is -1.87. The number of anilines is 1. The Morgan fingerprint density at radius 3 is 2.83 bits per heavy atom. The second kappa shape index (κ2) is 4.77. The van der Waals surface area contributed by atoms with Crippen LogP contribution in [0.15, 0.2) is 11.4 Å². The lowest BCUT2D eigenvalue weighted by Crippen LogP contribution is -2.25. The second-order valence-electron chi connectivity index (χ2n) is 4.13. The molecule has 2 amide bonds. The average Bonchev–Trinajstić information content (AvgIpc) is 2.87. The first kappa shape index (κ1) is 12.6. The number of hydrogen-bond donors (Lipinski definition) is 2. The molecule has 0 aromatic carbocycles. The standard InChI is InChI=1S/C11H12N2O4S/c1-13-5-6(4-8(13)14)9(15)12-10-7(11(16)17)2-3-18-10/h2-3,6H,4-5H2,1H3,(H,12,15)(H,16,17). The summed E-state index contributed by atoms with van der Waals surface area (Å²) in [5.41, 5.74) is 0.0750. The molecule has 2 heterocycles. The van der Waals surface area contributed by atoms with E-state index in [4.69, 9.17) is 5.11 Å². The minimum absolute atomic E-state index is 0.0696. The van der Waals surface area contributed by atoms with Crippen LogP contribution in [0.1, 0.15) is 16.8 Å². The molecule has 18 heavy (non-hydrogen) atoms. The normalized spacial score (nSPS) is 19.1. The summed E-state index contributed by atoms with van der Waals surface area (Å²) in [6, 6.07) is 1.44. The van der Waals surface area contributed by atoms with Crippen LogP contribution in [0.4, 0.5) is 5.00 Å². The molecule has 96 valence electrons. The van der Waals surface area contributed by atoms with Crippen LogP contribution in [-0.4, -0.2) is 41.4 Å². The number of carboxylic acids is 1. The second-order valence-corrected chi connectivity index (χ2v) is 5.05. The molecule has 1 aliphatic heterocycles. The minimum atomic E-state index is -1.08. The van der Waals surface area contributed by atoms with E-state index in [0.29, 0.717) is 11.5 Å². The highest BCUT2D eigenvalue weighted by atomic mass is 32.1. The van der Waals surface area contributed by atoms with E-state index in [-0.39, 0.29) is 23.8 Å². The molecule has 2 N–H and O–H groups in total. The molecule has 1 fully saturated rings. The van der Waals surface area contributed by atoms with Crippen LogP contribution < -0.4 is 5.32 Å². The Morgan fingerprint density at radius 2 is 2.28 bits per heavy atom. The van der Waals surface area contributed by atoms with Gasteiger partial charge in [-0.3, -0.25) is 9.59 Å². The topological polar surface area (TPSA) is 86.7 Å². The number of carbonyl (C=O) groups excluding carboxylic acids is 2. The zero-order valence-corrected chi connectivity index (χ0v) is 10.5. The monoisotopic (exact) mass is 268 g/mol. The Hall–Kier alpha value is -1.89. The number of carboxylic acid groups (broad SMARTS) is 1.